The van der Waals surface area contributed by atoms with Gasteiger partial charge in [0.05, 0.1) is 12.1 Å². The second kappa shape index (κ2) is 6.82. The molecule has 140 valence electrons. The number of carbonyl (C=O) groups is 2. The van der Waals surface area contributed by atoms with Crippen molar-refractivity contribution in [3.05, 3.63) is 65.7 Å². The Morgan fingerprint density at radius 3 is 2.41 bits per heavy atom. The van der Waals surface area contributed by atoms with Gasteiger partial charge in [-0.1, -0.05) is 35.9 Å². The molecule has 2 aromatic carbocycles. The molecule has 2 aromatic rings. The number of rotatable bonds is 2. The maximum atomic E-state index is 12.9. The van der Waals surface area contributed by atoms with Crippen molar-refractivity contribution >= 4 is 17.5 Å². The van der Waals surface area contributed by atoms with E-state index in [0.29, 0.717) is 26.2 Å². The molecular weight excluding hydrogens is 338 g/mol. The summed E-state index contributed by atoms with van der Waals surface area (Å²) in [5, 5.41) is 0. The first kappa shape index (κ1) is 17.7. The van der Waals surface area contributed by atoms with E-state index in [1.165, 1.54) is 0 Å². The van der Waals surface area contributed by atoms with E-state index in [9.17, 15) is 9.59 Å². The van der Waals surface area contributed by atoms with Crippen LogP contribution < -0.4 is 4.90 Å². The van der Waals surface area contributed by atoms with Crippen LogP contribution in [0.15, 0.2) is 54.6 Å². The topological polar surface area (TPSA) is 43.9 Å². The fraction of sp³-hybridized carbons (Fsp3) is 0.364. The molecule has 0 unspecified atom stereocenters. The molecule has 2 aliphatic rings. The number of hydrogen-bond donors (Lipinski definition) is 0. The van der Waals surface area contributed by atoms with Gasteiger partial charge in [-0.25, -0.2) is 0 Å². The van der Waals surface area contributed by atoms with Crippen molar-refractivity contribution in [1.29, 1.82) is 0 Å². The largest absolute Gasteiger partial charge is 0.337 e. The van der Waals surface area contributed by atoms with Gasteiger partial charge in [0.25, 0.3) is 5.91 Å². The van der Waals surface area contributed by atoms with Crippen LogP contribution in [0.1, 0.15) is 22.3 Å². The number of benzene rings is 2. The molecule has 5 nitrogen and oxygen atoms in total. The van der Waals surface area contributed by atoms with Crippen LogP contribution in [-0.2, 0) is 4.79 Å². The maximum absolute atomic E-state index is 12.9. The molecule has 0 aliphatic carbocycles. The van der Waals surface area contributed by atoms with Gasteiger partial charge in [0, 0.05) is 30.9 Å². The zero-order valence-electron chi connectivity index (χ0n) is 15.9. The van der Waals surface area contributed by atoms with Crippen LogP contribution in [0.3, 0.4) is 0 Å². The first-order chi connectivity index (χ1) is 13.0. The van der Waals surface area contributed by atoms with E-state index in [2.05, 4.69) is 4.90 Å². The standard InChI is InChI=1S/C22H25N3O2/c1-17-8-10-18(11-9-17)21(27)24-13-12-22(15-24)16-25(20(26)14-23(22)2)19-6-4-3-5-7-19/h3-11H,12-16H2,1-2H3/t22-/m1/s1. The predicted octanol–water partition coefficient (Wildman–Crippen LogP) is 2.56. The second-order valence-electron chi connectivity index (χ2n) is 7.74. The Morgan fingerprint density at radius 1 is 1.00 bits per heavy atom. The zero-order valence-corrected chi connectivity index (χ0v) is 15.9. The van der Waals surface area contributed by atoms with Gasteiger partial charge in [-0.15, -0.1) is 0 Å². The number of aryl methyl sites for hydroxylation is 1. The Bertz CT molecular complexity index is 850. The summed E-state index contributed by atoms with van der Waals surface area (Å²) in [6, 6.07) is 17.5. The van der Waals surface area contributed by atoms with E-state index in [4.69, 9.17) is 0 Å². The van der Waals surface area contributed by atoms with Crippen LogP contribution in [0.4, 0.5) is 5.69 Å². The zero-order chi connectivity index (χ0) is 19.0. The Balaban J connectivity index is 1.55. The lowest BCUT2D eigenvalue weighted by Gasteiger charge is -2.46. The highest BCUT2D eigenvalue weighted by Crippen LogP contribution is 2.34. The summed E-state index contributed by atoms with van der Waals surface area (Å²) in [7, 11) is 2.00. The summed E-state index contributed by atoms with van der Waals surface area (Å²) >= 11 is 0. The molecule has 5 heteroatoms. The first-order valence-electron chi connectivity index (χ1n) is 9.41. The summed E-state index contributed by atoms with van der Waals surface area (Å²) in [6.07, 6.45) is 0.873. The summed E-state index contributed by atoms with van der Waals surface area (Å²) in [4.78, 5) is 31.5. The van der Waals surface area contributed by atoms with Gasteiger partial charge >= 0.3 is 0 Å². The summed E-state index contributed by atoms with van der Waals surface area (Å²) < 4.78 is 0. The van der Waals surface area contributed by atoms with Crippen molar-refractivity contribution in [3.8, 4) is 0 Å². The number of piperazine rings is 1. The Kier molecular flexibility index (Phi) is 4.48. The highest BCUT2D eigenvalue weighted by Gasteiger charge is 2.48. The minimum atomic E-state index is -0.190. The summed E-state index contributed by atoms with van der Waals surface area (Å²) in [5.74, 6) is 0.182. The molecule has 0 N–H and O–H groups in total. The number of anilines is 1. The minimum absolute atomic E-state index is 0.0726. The fourth-order valence-corrected chi connectivity index (χ4v) is 4.15. The van der Waals surface area contributed by atoms with Gasteiger partial charge in [-0.3, -0.25) is 14.5 Å². The second-order valence-corrected chi connectivity index (χ2v) is 7.74. The van der Waals surface area contributed by atoms with E-state index in [0.717, 1.165) is 23.2 Å². The summed E-state index contributed by atoms with van der Waals surface area (Å²) in [5.41, 5.74) is 2.61. The van der Waals surface area contributed by atoms with Gasteiger partial charge in [0.15, 0.2) is 0 Å². The molecule has 2 saturated heterocycles. The molecule has 0 saturated carbocycles. The predicted molar refractivity (Wildman–Crippen MR) is 106 cm³/mol. The third kappa shape index (κ3) is 3.23. The first-order valence-corrected chi connectivity index (χ1v) is 9.41. The van der Waals surface area contributed by atoms with E-state index >= 15 is 0 Å². The molecule has 0 radical (unpaired) electrons. The Labute approximate surface area is 160 Å². The molecular formula is C22H25N3O2. The highest BCUT2D eigenvalue weighted by molar-refractivity contribution is 5.97. The van der Waals surface area contributed by atoms with Crippen LogP contribution in [-0.4, -0.2) is 60.4 Å². The van der Waals surface area contributed by atoms with Crippen molar-refractivity contribution in [2.24, 2.45) is 0 Å². The van der Waals surface area contributed by atoms with Crippen molar-refractivity contribution in [1.82, 2.24) is 9.80 Å². The molecule has 2 fully saturated rings. The number of likely N-dealkylation sites (tertiary alicyclic amines) is 1. The van der Waals surface area contributed by atoms with E-state index in [1.807, 2.05) is 78.4 Å². The van der Waals surface area contributed by atoms with Crippen LogP contribution in [0, 0.1) is 6.92 Å². The average Bonchev–Trinajstić information content (AvgIpc) is 3.11. The average molecular weight is 363 g/mol. The number of amides is 2. The van der Waals surface area contributed by atoms with Crippen molar-refractivity contribution in [2.75, 3.05) is 38.1 Å². The SMILES string of the molecule is Cc1ccc(C(=O)N2CC[C@@]3(C2)CN(c2ccccc2)C(=O)CN3C)cc1. The quantitative estimate of drug-likeness (QED) is 0.824. The molecule has 2 amide bonds. The number of carbonyl (C=O) groups excluding carboxylic acids is 2. The molecule has 4 rings (SSSR count). The van der Waals surface area contributed by atoms with Gasteiger partial charge in [0.1, 0.15) is 0 Å². The van der Waals surface area contributed by atoms with Gasteiger partial charge < -0.3 is 9.80 Å². The molecule has 1 atom stereocenters. The van der Waals surface area contributed by atoms with Crippen LogP contribution in [0.5, 0.6) is 0 Å². The van der Waals surface area contributed by atoms with Gasteiger partial charge in [-0.05, 0) is 44.7 Å². The van der Waals surface area contributed by atoms with Gasteiger partial charge in [-0.2, -0.15) is 0 Å². The number of likely N-dealkylation sites (N-methyl/N-ethyl adjacent to an activating group) is 1. The molecule has 1 spiro atoms. The molecule has 0 aromatic heterocycles. The molecule has 2 aliphatic heterocycles. The highest BCUT2D eigenvalue weighted by atomic mass is 16.2. The lowest BCUT2D eigenvalue weighted by atomic mass is 9.92. The van der Waals surface area contributed by atoms with Crippen LogP contribution in [0.2, 0.25) is 0 Å². The van der Waals surface area contributed by atoms with Crippen molar-refractivity contribution in [2.45, 2.75) is 18.9 Å². The third-order valence-corrected chi connectivity index (χ3v) is 5.92. The van der Waals surface area contributed by atoms with E-state index < -0.39 is 0 Å². The number of nitrogens with zero attached hydrogens (tertiary/aromatic N) is 3. The molecule has 0 bridgehead atoms. The Hall–Kier alpha value is -2.66. The van der Waals surface area contributed by atoms with Gasteiger partial charge in [0.2, 0.25) is 5.91 Å². The lowest BCUT2D eigenvalue weighted by Crippen LogP contribution is -2.64. The normalized spacial score (nSPS) is 23.3. The van der Waals surface area contributed by atoms with E-state index in [-0.39, 0.29) is 17.4 Å². The van der Waals surface area contributed by atoms with E-state index in [1.54, 1.807) is 0 Å². The minimum Gasteiger partial charge on any atom is -0.337 e. The van der Waals surface area contributed by atoms with Crippen LogP contribution >= 0.6 is 0 Å². The lowest BCUT2D eigenvalue weighted by molar-refractivity contribution is -0.123. The number of hydrogen-bond acceptors (Lipinski definition) is 3. The third-order valence-electron chi connectivity index (χ3n) is 5.92. The maximum Gasteiger partial charge on any atom is 0.253 e. The van der Waals surface area contributed by atoms with Crippen molar-refractivity contribution in [3.63, 3.8) is 0 Å². The monoisotopic (exact) mass is 363 g/mol. The van der Waals surface area contributed by atoms with Crippen molar-refractivity contribution < 1.29 is 9.59 Å². The summed E-state index contributed by atoms with van der Waals surface area (Å²) in [6.45, 7) is 4.37. The number of para-hydroxylation sites is 1. The smallest absolute Gasteiger partial charge is 0.253 e. The van der Waals surface area contributed by atoms with Crippen LogP contribution in [0.25, 0.3) is 0 Å². The molecule has 2 heterocycles. The fourth-order valence-electron chi connectivity index (χ4n) is 4.15. The Morgan fingerprint density at radius 2 is 1.70 bits per heavy atom. The molecule has 27 heavy (non-hydrogen) atoms.